The first-order chi connectivity index (χ1) is 22.7. The third kappa shape index (κ3) is 7.37. The highest BCUT2D eigenvalue weighted by atomic mass is 35.5. The summed E-state index contributed by atoms with van der Waals surface area (Å²) in [6.07, 6.45) is -2.39. The molecule has 0 spiro atoms. The number of amides is 3. The summed E-state index contributed by atoms with van der Waals surface area (Å²) < 4.78 is 81.5. The molecule has 3 aromatic carbocycles. The van der Waals surface area contributed by atoms with E-state index in [1.165, 1.54) is 44.4 Å². The van der Waals surface area contributed by atoms with Gasteiger partial charge in [-0.25, -0.2) is 18.0 Å². The van der Waals surface area contributed by atoms with E-state index in [1.54, 1.807) is 30.3 Å². The molecule has 1 N–H and O–H groups in total. The van der Waals surface area contributed by atoms with Gasteiger partial charge in [0.2, 0.25) is 11.8 Å². The van der Waals surface area contributed by atoms with Crippen molar-refractivity contribution in [3.05, 3.63) is 94.8 Å². The molecule has 1 saturated carbocycles. The third-order valence-corrected chi connectivity index (χ3v) is 10.4. The van der Waals surface area contributed by atoms with Crippen molar-refractivity contribution in [2.75, 3.05) is 31.7 Å². The van der Waals surface area contributed by atoms with E-state index in [0.717, 1.165) is 21.3 Å². The molecule has 0 aromatic heterocycles. The van der Waals surface area contributed by atoms with Crippen LogP contribution in [-0.2, 0) is 24.5 Å². The summed E-state index contributed by atoms with van der Waals surface area (Å²) in [4.78, 5) is 41.8. The summed E-state index contributed by atoms with van der Waals surface area (Å²) in [6, 6.07) is 13.4. The Hall–Kier alpha value is -4.34. The Balaban J connectivity index is 1.60. The number of nitrogens with zero attached hydrogens (tertiary/aromatic N) is 3. The van der Waals surface area contributed by atoms with Crippen molar-refractivity contribution in [1.82, 2.24) is 13.9 Å². The van der Waals surface area contributed by atoms with Crippen molar-refractivity contribution in [3.63, 3.8) is 0 Å². The third-order valence-electron chi connectivity index (χ3n) is 8.12. The van der Waals surface area contributed by atoms with E-state index in [9.17, 15) is 36.0 Å². The fraction of sp³-hybridized carbons (Fsp3) is 0.344. The van der Waals surface area contributed by atoms with Crippen molar-refractivity contribution >= 4 is 45.4 Å². The zero-order valence-corrected chi connectivity index (χ0v) is 27.4. The molecule has 3 aromatic rings. The molecular formula is C32H32ClF3N4O7S. The van der Waals surface area contributed by atoms with Crippen LogP contribution in [0.25, 0.3) is 0 Å². The maximum Gasteiger partial charge on any atom is 0.424 e. The van der Waals surface area contributed by atoms with Crippen LogP contribution in [0.1, 0.15) is 43.0 Å². The second kappa shape index (κ2) is 14.0. The van der Waals surface area contributed by atoms with Crippen LogP contribution in [-0.4, -0.2) is 73.7 Å². The summed E-state index contributed by atoms with van der Waals surface area (Å²) in [7, 11) is -3.29. The normalized spacial score (nSPS) is 17.3. The lowest BCUT2D eigenvalue weighted by Gasteiger charge is -2.39. The van der Waals surface area contributed by atoms with Crippen molar-refractivity contribution in [3.8, 4) is 5.75 Å². The molecule has 3 amide bonds. The highest BCUT2D eigenvalue weighted by Gasteiger charge is 2.48. The van der Waals surface area contributed by atoms with E-state index in [1.807, 2.05) is 0 Å². The lowest BCUT2D eigenvalue weighted by atomic mass is 9.87. The lowest BCUT2D eigenvalue weighted by molar-refractivity contribution is -0.132. The van der Waals surface area contributed by atoms with Gasteiger partial charge in [-0.15, -0.1) is 0 Å². The molecular weight excluding hydrogens is 677 g/mol. The number of ether oxygens (including phenoxy) is 2. The van der Waals surface area contributed by atoms with Crippen LogP contribution in [0, 0.1) is 5.82 Å². The fourth-order valence-corrected chi connectivity index (χ4v) is 7.43. The van der Waals surface area contributed by atoms with Gasteiger partial charge in [-0.2, -0.15) is 17.0 Å². The van der Waals surface area contributed by atoms with Crippen LogP contribution in [0.15, 0.2) is 72.8 Å². The quantitative estimate of drug-likeness (QED) is 0.273. The minimum atomic E-state index is -4.75. The molecule has 5 rings (SSSR count). The second-order valence-corrected chi connectivity index (χ2v) is 13.5. The monoisotopic (exact) mass is 708 g/mol. The molecule has 1 heterocycles. The van der Waals surface area contributed by atoms with E-state index < -0.39 is 77.4 Å². The number of anilines is 1. The molecule has 16 heteroatoms. The first kappa shape index (κ1) is 35.0. The maximum atomic E-state index is 14.7. The zero-order chi connectivity index (χ0) is 34.8. The van der Waals surface area contributed by atoms with Crippen molar-refractivity contribution in [1.29, 1.82) is 0 Å². The van der Waals surface area contributed by atoms with Gasteiger partial charge >= 0.3 is 16.3 Å². The van der Waals surface area contributed by atoms with Gasteiger partial charge in [0.15, 0.2) is 0 Å². The first-order valence-electron chi connectivity index (χ1n) is 14.8. The molecule has 48 heavy (non-hydrogen) atoms. The van der Waals surface area contributed by atoms with Crippen LogP contribution in [0.2, 0.25) is 5.02 Å². The SMILES string of the molecule is COc1ccc([C@H](C)N(CC(=O)N(c2cccc(F)c2)[C@H](C(=O)NC2CC(F)(F)C2)c2ccccc2Cl)S(=O)(=O)N2CCOC2=O)cc1. The summed E-state index contributed by atoms with van der Waals surface area (Å²) in [6.45, 7) is 0.0216. The topological polar surface area (TPSA) is 126 Å². The predicted octanol–water partition coefficient (Wildman–Crippen LogP) is 5.24. The Kier molecular flexibility index (Phi) is 10.2. The Morgan fingerprint density at radius 1 is 1.10 bits per heavy atom. The molecule has 1 aliphatic carbocycles. The van der Waals surface area contributed by atoms with Gasteiger partial charge in [-0.1, -0.05) is 48.0 Å². The van der Waals surface area contributed by atoms with Crippen LogP contribution in [0.5, 0.6) is 5.75 Å². The molecule has 256 valence electrons. The summed E-state index contributed by atoms with van der Waals surface area (Å²) in [5, 5.41) is 2.56. The maximum absolute atomic E-state index is 14.7. The van der Waals surface area contributed by atoms with Gasteiger partial charge in [0, 0.05) is 41.2 Å². The van der Waals surface area contributed by atoms with Crippen LogP contribution in [0.3, 0.4) is 0 Å². The minimum absolute atomic E-state index is 0.0293. The highest BCUT2D eigenvalue weighted by molar-refractivity contribution is 7.87. The van der Waals surface area contributed by atoms with Gasteiger partial charge in [-0.3, -0.25) is 14.5 Å². The van der Waals surface area contributed by atoms with Crippen molar-refractivity contribution < 1.29 is 45.4 Å². The second-order valence-electron chi connectivity index (χ2n) is 11.3. The summed E-state index contributed by atoms with van der Waals surface area (Å²) in [5.41, 5.74) is 0.346. The largest absolute Gasteiger partial charge is 0.497 e. The number of carbonyl (C=O) groups excluding carboxylic acids is 3. The first-order valence-corrected chi connectivity index (χ1v) is 16.6. The Labute approximate surface area is 280 Å². The van der Waals surface area contributed by atoms with Crippen LogP contribution in [0.4, 0.5) is 23.7 Å². The number of nitrogens with one attached hydrogen (secondary N) is 1. The number of methoxy groups -OCH3 is 1. The highest BCUT2D eigenvalue weighted by Crippen LogP contribution is 2.39. The minimum Gasteiger partial charge on any atom is -0.497 e. The Morgan fingerprint density at radius 2 is 1.79 bits per heavy atom. The molecule has 2 fully saturated rings. The molecule has 2 aliphatic rings. The molecule has 2 atom stereocenters. The van der Waals surface area contributed by atoms with Crippen molar-refractivity contribution in [2.24, 2.45) is 0 Å². The average Bonchev–Trinajstić information content (AvgIpc) is 3.48. The smallest absolute Gasteiger partial charge is 0.424 e. The van der Waals surface area contributed by atoms with E-state index in [2.05, 4.69) is 5.32 Å². The molecule has 0 bridgehead atoms. The Morgan fingerprint density at radius 3 is 2.38 bits per heavy atom. The van der Waals surface area contributed by atoms with Gasteiger partial charge in [0.25, 0.3) is 5.92 Å². The predicted molar refractivity (Wildman–Crippen MR) is 169 cm³/mol. The molecule has 1 aliphatic heterocycles. The van der Waals surface area contributed by atoms with Gasteiger partial charge in [0.1, 0.15) is 24.2 Å². The molecule has 11 nitrogen and oxygen atoms in total. The number of hydrogen-bond acceptors (Lipinski definition) is 7. The summed E-state index contributed by atoms with van der Waals surface area (Å²) in [5.74, 6) is -5.19. The van der Waals surface area contributed by atoms with Gasteiger partial charge < -0.3 is 14.8 Å². The fourth-order valence-electron chi connectivity index (χ4n) is 5.59. The number of carbonyl (C=O) groups is 3. The van der Waals surface area contributed by atoms with E-state index in [-0.39, 0.29) is 29.4 Å². The number of rotatable bonds is 12. The number of alkyl halides is 2. The number of benzene rings is 3. The van der Waals surface area contributed by atoms with Gasteiger partial charge in [-0.05, 0) is 48.9 Å². The van der Waals surface area contributed by atoms with E-state index in [4.69, 9.17) is 21.1 Å². The number of hydrogen-bond donors (Lipinski definition) is 1. The molecule has 1 saturated heterocycles. The molecule has 0 unspecified atom stereocenters. The Bertz CT molecular complexity index is 1790. The van der Waals surface area contributed by atoms with E-state index in [0.29, 0.717) is 15.6 Å². The van der Waals surface area contributed by atoms with Crippen LogP contribution < -0.4 is 15.0 Å². The average molecular weight is 709 g/mol. The van der Waals surface area contributed by atoms with Crippen molar-refractivity contribution in [2.45, 2.75) is 43.8 Å². The lowest BCUT2D eigenvalue weighted by Crippen LogP contribution is -2.55. The molecule has 0 radical (unpaired) electrons. The van der Waals surface area contributed by atoms with Gasteiger partial charge in [0.05, 0.1) is 20.2 Å². The zero-order valence-electron chi connectivity index (χ0n) is 25.8. The summed E-state index contributed by atoms with van der Waals surface area (Å²) >= 11 is 6.51. The number of halogens is 4. The van der Waals surface area contributed by atoms with Crippen LogP contribution >= 0.6 is 11.6 Å². The standard InChI is InChI=1S/C32H32ClF3N4O7S/c1-20(21-10-12-25(46-2)13-11-21)39(48(44,45)38-14-15-47-31(38)43)19-28(41)40(24-7-5-6-22(34)16-24)29(26-8-3-4-9-27(26)33)30(42)37-23-17-32(35,36)18-23/h3-13,16,20,23,29H,14-15,17-19H2,1-2H3,(H,37,42)/t20-,29-/m0/s1. The van der Waals surface area contributed by atoms with E-state index >= 15 is 0 Å². The number of cyclic esters (lactones) is 1.